The van der Waals surface area contributed by atoms with Gasteiger partial charge in [-0.2, -0.15) is 8.42 Å². The molecule has 0 spiro atoms. The maximum atomic E-state index is 10.3. The van der Waals surface area contributed by atoms with Gasteiger partial charge in [0.2, 0.25) is 5.03 Å². The first kappa shape index (κ1) is 11.0. The first-order chi connectivity index (χ1) is 4.61. The molecule has 0 atom stereocenters. The van der Waals surface area contributed by atoms with Crippen LogP contribution in [0.1, 0.15) is 0 Å². The molecule has 1 N–H and O–H groups in total. The van der Waals surface area contributed by atoms with Crippen LogP contribution >= 0.6 is 0 Å². The average molecular weight is 184 g/mol. The van der Waals surface area contributed by atoms with Gasteiger partial charge in [-0.15, -0.1) is 0 Å². The molecule has 0 aliphatic heterocycles. The Balaban J connectivity index is 0.000001000. The molecule has 1 aromatic heterocycles. The number of hydrogen-bond acceptors (Lipinski definition) is 4. The maximum absolute atomic E-state index is 10.3. The van der Waals surface area contributed by atoms with Gasteiger partial charge >= 0.3 is 39.7 Å². The predicted molar refractivity (Wildman–Crippen MR) is 39.0 cm³/mol. The zero-order valence-electron chi connectivity index (χ0n) is 4.80. The van der Waals surface area contributed by atoms with Crippen molar-refractivity contribution in [2.45, 2.75) is 5.03 Å². The Morgan fingerprint density at radius 2 is 2.00 bits per heavy atom. The van der Waals surface area contributed by atoms with Gasteiger partial charge in [-0.05, 0) is 0 Å². The van der Waals surface area contributed by atoms with E-state index in [1.807, 2.05) is 0 Å². The van der Waals surface area contributed by atoms with E-state index in [9.17, 15) is 8.42 Å². The van der Waals surface area contributed by atoms with E-state index in [-0.39, 0.29) is 29.6 Å². The second kappa shape index (κ2) is 4.13. The summed E-state index contributed by atoms with van der Waals surface area (Å²) in [5, 5.41) is -0.435. The van der Waals surface area contributed by atoms with E-state index in [2.05, 4.69) is 9.97 Å². The van der Waals surface area contributed by atoms with Crippen molar-refractivity contribution in [1.29, 1.82) is 0 Å². The van der Waals surface area contributed by atoms with E-state index in [0.717, 1.165) is 6.20 Å². The molecule has 0 unspecified atom stereocenters. The van der Waals surface area contributed by atoms with Crippen LogP contribution in [0.5, 0.6) is 0 Å². The first-order valence-electron chi connectivity index (χ1n) is 2.34. The zero-order valence-corrected chi connectivity index (χ0v) is 5.61. The summed E-state index contributed by atoms with van der Waals surface area (Å²) in [6, 6.07) is 0. The van der Waals surface area contributed by atoms with Gasteiger partial charge in [-0.1, -0.05) is 0 Å². The van der Waals surface area contributed by atoms with Crippen molar-refractivity contribution in [3.05, 3.63) is 18.6 Å². The SMILES string of the molecule is O=S(=O)(O)c1cnccn1.[NaH]. The Bertz CT molecular complexity index is 311. The molecule has 0 fully saturated rings. The second-order valence-corrected chi connectivity index (χ2v) is 2.89. The van der Waals surface area contributed by atoms with Gasteiger partial charge in [0, 0.05) is 12.4 Å². The molecule has 1 heterocycles. The molecule has 7 heteroatoms. The van der Waals surface area contributed by atoms with Crippen molar-refractivity contribution in [2.24, 2.45) is 0 Å². The predicted octanol–water partition coefficient (Wildman–Crippen LogP) is -0.925. The zero-order chi connectivity index (χ0) is 7.61. The third-order valence-electron chi connectivity index (χ3n) is 0.804. The molecule has 0 bridgehead atoms. The summed E-state index contributed by atoms with van der Waals surface area (Å²) in [6.07, 6.45) is 3.47. The Morgan fingerprint density at radius 1 is 1.36 bits per heavy atom. The molecule has 0 saturated heterocycles. The summed E-state index contributed by atoms with van der Waals surface area (Å²) >= 11 is 0. The molecule has 56 valence electrons. The van der Waals surface area contributed by atoms with Crippen LogP contribution in [-0.4, -0.2) is 52.5 Å². The third kappa shape index (κ3) is 3.26. The molecular weight excluding hydrogens is 179 g/mol. The molecule has 1 aromatic rings. The van der Waals surface area contributed by atoms with E-state index < -0.39 is 15.1 Å². The summed E-state index contributed by atoms with van der Waals surface area (Å²) in [5.41, 5.74) is 0. The van der Waals surface area contributed by atoms with Crippen LogP contribution in [0.15, 0.2) is 23.6 Å². The van der Waals surface area contributed by atoms with Gasteiger partial charge in [-0.3, -0.25) is 9.54 Å². The van der Waals surface area contributed by atoms with Crippen LogP contribution in [0.25, 0.3) is 0 Å². The van der Waals surface area contributed by atoms with Crippen LogP contribution in [0.3, 0.4) is 0 Å². The Kier molecular flexibility index (Phi) is 4.12. The van der Waals surface area contributed by atoms with Gasteiger partial charge in [0.25, 0.3) is 0 Å². The summed E-state index contributed by atoms with van der Waals surface area (Å²) in [4.78, 5) is 6.80. The standard InChI is InChI=1S/C4H4N2O3S.Na.H/c7-10(8,9)4-3-5-1-2-6-4;;/h1-3H,(H,7,8,9);;. The van der Waals surface area contributed by atoms with Crippen molar-refractivity contribution < 1.29 is 13.0 Å². The summed E-state index contributed by atoms with van der Waals surface area (Å²) < 4.78 is 28.9. The third-order valence-corrected chi connectivity index (χ3v) is 1.54. The van der Waals surface area contributed by atoms with Gasteiger partial charge in [0.1, 0.15) is 0 Å². The van der Waals surface area contributed by atoms with E-state index in [1.165, 1.54) is 12.4 Å². The molecule has 0 aliphatic rings. The average Bonchev–Trinajstić information content (AvgIpc) is 1.88. The Hall–Kier alpha value is -0.0100. The molecular formula is C4H5N2NaO3S. The minimum atomic E-state index is -4.18. The van der Waals surface area contributed by atoms with Gasteiger partial charge < -0.3 is 0 Å². The normalized spacial score (nSPS) is 10.3. The number of hydrogen-bond donors (Lipinski definition) is 1. The molecule has 11 heavy (non-hydrogen) atoms. The van der Waals surface area contributed by atoms with Crippen molar-refractivity contribution in [1.82, 2.24) is 9.97 Å². The number of rotatable bonds is 1. The monoisotopic (exact) mass is 184 g/mol. The number of nitrogens with zero attached hydrogens (tertiary/aromatic N) is 2. The minimum absolute atomic E-state index is 0. The van der Waals surface area contributed by atoms with Crippen LogP contribution in [-0.2, 0) is 10.1 Å². The molecule has 0 saturated carbocycles. The first-order valence-corrected chi connectivity index (χ1v) is 3.78. The van der Waals surface area contributed by atoms with Crippen LogP contribution in [0, 0.1) is 0 Å². The number of aromatic nitrogens is 2. The van der Waals surface area contributed by atoms with Gasteiger partial charge in [0.15, 0.2) is 0 Å². The molecule has 0 aromatic carbocycles. The second-order valence-electron chi connectivity index (χ2n) is 1.52. The Morgan fingerprint density at radius 3 is 2.27 bits per heavy atom. The van der Waals surface area contributed by atoms with Crippen molar-refractivity contribution in [3.63, 3.8) is 0 Å². The molecule has 5 nitrogen and oxygen atoms in total. The van der Waals surface area contributed by atoms with E-state index >= 15 is 0 Å². The topological polar surface area (TPSA) is 80.2 Å². The fourth-order valence-electron chi connectivity index (χ4n) is 0.419. The summed E-state index contributed by atoms with van der Waals surface area (Å²) in [7, 11) is -4.18. The van der Waals surface area contributed by atoms with E-state index in [0.29, 0.717) is 0 Å². The van der Waals surface area contributed by atoms with Gasteiger partial charge in [-0.25, -0.2) is 4.98 Å². The van der Waals surface area contributed by atoms with Crippen molar-refractivity contribution in [2.75, 3.05) is 0 Å². The van der Waals surface area contributed by atoms with E-state index in [4.69, 9.17) is 4.55 Å². The van der Waals surface area contributed by atoms with Crippen molar-refractivity contribution >= 4 is 39.7 Å². The van der Waals surface area contributed by atoms with Crippen LogP contribution < -0.4 is 0 Å². The summed E-state index contributed by atoms with van der Waals surface area (Å²) in [6.45, 7) is 0. The Labute approximate surface area is 85.9 Å². The van der Waals surface area contributed by atoms with E-state index in [1.54, 1.807) is 0 Å². The molecule has 0 aliphatic carbocycles. The molecule has 0 amide bonds. The van der Waals surface area contributed by atoms with Gasteiger partial charge in [0.05, 0.1) is 6.20 Å². The quantitative estimate of drug-likeness (QED) is 0.450. The van der Waals surface area contributed by atoms with Crippen molar-refractivity contribution in [3.8, 4) is 0 Å². The fraction of sp³-hybridized carbons (Fsp3) is 0. The molecule has 0 radical (unpaired) electrons. The summed E-state index contributed by atoms with van der Waals surface area (Å²) in [5.74, 6) is 0. The van der Waals surface area contributed by atoms with Crippen LogP contribution in [0.4, 0.5) is 0 Å². The molecule has 1 rings (SSSR count). The van der Waals surface area contributed by atoms with Crippen LogP contribution in [0.2, 0.25) is 0 Å². The fourth-order valence-corrected chi connectivity index (χ4v) is 0.807.